The zero-order valence-corrected chi connectivity index (χ0v) is 12.3. The van der Waals surface area contributed by atoms with Gasteiger partial charge in [-0.05, 0) is 37.5 Å². The lowest BCUT2D eigenvalue weighted by Gasteiger charge is -2.24. The summed E-state index contributed by atoms with van der Waals surface area (Å²) < 4.78 is 5.13. The third-order valence-corrected chi connectivity index (χ3v) is 3.90. The zero-order chi connectivity index (χ0) is 14.4. The van der Waals surface area contributed by atoms with Gasteiger partial charge in [-0.2, -0.15) is 0 Å². The van der Waals surface area contributed by atoms with Gasteiger partial charge in [0.05, 0.1) is 13.2 Å². The molecule has 2 N–H and O–H groups in total. The summed E-state index contributed by atoms with van der Waals surface area (Å²) in [6.45, 7) is 1.99. The van der Waals surface area contributed by atoms with E-state index in [2.05, 4.69) is 10.6 Å². The lowest BCUT2D eigenvalue weighted by atomic mass is 9.96. The maximum Gasteiger partial charge on any atom is 0.315 e. The number of rotatable bonds is 4. The summed E-state index contributed by atoms with van der Waals surface area (Å²) in [5.74, 6) is 0.826. The molecule has 0 saturated heterocycles. The van der Waals surface area contributed by atoms with Crippen LogP contribution in [0.5, 0.6) is 5.75 Å². The molecular weight excluding hydrogens is 252 g/mol. The topological polar surface area (TPSA) is 50.4 Å². The van der Waals surface area contributed by atoms with Crippen molar-refractivity contribution >= 4 is 6.03 Å². The van der Waals surface area contributed by atoms with Crippen molar-refractivity contribution in [3.63, 3.8) is 0 Å². The molecule has 1 aliphatic carbocycles. The van der Waals surface area contributed by atoms with Crippen molar-refractivity contribution in [1.82, 2.24) is 10.6 Å². The van der Waals surface area contributed by atoms with Gasteiger partial charge >= 0.3 is 6.03 Å². The van der Waals surface area contributed by atoms with Crippen LogP contribution in [-0.2, 0) is 0 Å². The Morgan fingerprint density at radius 3 is 2.45 bits per heavy atom. The highest BCUT2D eigenvalue weighted by atomic mass is 16.5. The van der Waals surface area contributed by atoms with E-state index in [-0.39, 0.29) is 12.1 Å². The van der Waals surface area contributed by atoms with Gasteiger partial charge in [0, 0.05) is 6.04 Å². The van der Waals surface area contributed by atoms with Gasteiger partial charge in [0.15, 0.2) is 0 Å². The molecule has 1 atom stereocenters. The van der Waals surface area contributed by atoms with Gasteiger partial charge in [-0.1, -0.05) is 31.4 Å². The Morgan fingerprint density at radius 1 is 1.20 bits per heavy atom. The number of carbonyl (C=O) groups excluding carboxylic acids is 1. The molecule has 20 heavy (non-hydrogen) atoms. The second-order valence-electron chi connectivity index (χ2n) is 5.45. The molecule has 0 heterocycles. The Labute approximate surface area is 120 Å². The molecule has 2 rings (SSSR count). The van der Waals surface area contributed by atoms with Crippen molar-refractivity contribution < 1.29 is 9.53 Å². The highest BCUT2D eigenvalue weighted by molar-refractivity contribution is 5.74. The summed E-state index contributed by atoms with van der Waals surface area (Å²) in [5.41, 5.74) is 1.07. The van der Waals surface area contributed by atoms with Crippen LogP contribution >= 0.6 is 0 Å². The first-order valence-electron chi connectivity index (χ1n) is 7.40. The van der Waals surface area contributed by atoms with Crippen LogP contribution in [0.1, 0.15) is 50.6 Å². The summed E-state index contributed by atoms with van der Waals surface area (Å²) >= 11 is 0. The molecule has 0 aliphatic heterocycles. The fourth-order valence-corrected chi connectivity index (χ4v) is 2.65. The minimum Gasteiger partial charge on any atom is -0.497 e. The first-order chi connectivity index (χ1) is 9.69. The Balaban J connectivity index is 1.82. The van der Waals surface area contributed by atoms with Gasteiger partial charge in [0.25, 0.3) is 0 Å². The van der Waals surface area contributed by atoms with Gasteiger partial charge in [-0.15, -0.1) is 0 Å². The largest absolute Gasteiger partial charge is 0.497 e. The van der Waals surface area contributed by atoms with E-state index in [1.807, 2.05) is 31.2 Å². The first kappa shape index (κ1) is 14.7. The SMILES string of the molecule is COc1ccc([C@@H](C)NC(=O)NC2CCCCC2)cc1. The summed E-state index contributed by atoms with van der Waals surface area (Å²) in [7, 11) is 1.65. The number of hydrogen-bond acceptors (Lipinski definition) is 2. The number of amides is 2. The highest BCUT2D eigenvalue weighted by Gasteiger charge is 2.17. The molecular formula is C16H24N2O2. The molecule has 0 spiro atoms. The van der Waals surface area contributed by atoms with Crippen LogP contribution in [0.25, 0.3) is 0 Å². The average molecular weight is 276 g/mol. The molecule has 110 valence electrons. The maximum atomic E-state index is 12.0. The predicted octanol–water partition coefficient (Wildman–Crippen LogP) is 3.39. The molecule has 4 nitrogen and oxygen atoms in total. The van der Waals surface area contributed by atoms with Gasteiger partial charge < -0.3 is 15.4 Å². The molecule has 1 aromatic rings. The summed E-state index contributed by atoms with van der Waals surface area (Å²) in [5, 5.41) is 6.06. The van der Waals surface area contributed by atoms with Gasteiger partial charge in [-0.3, -0.25) is 0 Å². The number of ether oxygens (including phenoxy) is 1. The van der Waals surface area contributed by atoms with Gasteiger partial charge in [0.1, 0.15) is 5.75 Å². The molecule has 0 bridgehead atoms. The second kappa shape index (κ2) is 7.17. The molecule has 1 aliphatic rings. The quantitative estimate of drug-likeness (QED) is 0.885. The fraction of sp³-hybridized carbons (Fsp3) is 0.562. The lowest BCUT2D eigenvalue weighted by Crippen LogP contribution is -2.43. The van der Waals surface area contributed by atoms with Crippen LogP contribution in [0.15, 0.2) is 24.3 Å². The molecule has 0 unspecified atom stereocenters. The lowest BCUT2D eigenvalue weighted by molar-refractivity contribution is 0.229. The Hall–Kier alpha value is -1.71. The van der Waals surface area contributed by atoms with Crippen molar-refractivity contribution in [3.8, 4) is 5.75 Å². The molecule has 1 saturated carbocycles. The summed E-state index contributed by atoms with van der Waals surface area (Å²) in [4.78, 5) is 12.0. The van der Waals surface area contributed by atoms with E-state index < -0.39 is 0 Å². The van der Waals surface area contributed by atoms with Crippen LogP contribution in [-0.4, -0.2) is 19.2 Å². The molecule has 4 heteroatoms. The number of benzene rings is 1. The monoisotopic (exact) mass is 276 g/mol. The van der Waals surface area contributed by atoms with E-state index in [1.165, 1.54) is 19.3 Å². The van der Waals surface area contributed by atoms with Crippen molar-refractivity contribution in [1.29, 1.82) is 0 Å². The van der Waals surface area contributed by atoms with Gasteiger partial charge in [0.2, 0.25) is 0 Å². The summed E-state index contributed by atoms with van der Waals surface area (Å²) in [6, 6.07) is 8.03. The van der Waals surface area contributed by atoms with Crippen molar-refractivity contribution in [2.45, 2.75) is 51.1 Å². The van der Waals surface area contributed by atoms with Crippen LogP contribution < -0.4 is 15.4 Å². The highest BCUT2D eigenvalue weighted by Crippen LogP contribution is 2.19. The Bertz CT molecular complexity index is 425. The molecule has 0 radical (unpaired) electrons. The first-order valence-corrected chi connectivity index (χ1v) is 7.40. The minimum atomic E-state index is -0.0692. The number of nitrogens with one attached hydrogen (secondary N) is 2. The number of methoxy groups -OCH3 is 1. The van der Waals surface area contributed by atoms with Gasteiger partial charge in [-0.25, -0.2) is 4.79 Å². The van der Waals surface area contributed by atoms with Crippen LogP contribution in [0, 0.1) is 0 Å². The Morgan fingerprint density at radius 2 is 1.85 bits per heavy atom. The third kappa shape index (κ3) is 4.15. The fourth-order valence-electron chi connectivity index (χ4n) is 2.65. The average Bonchev–Trinajstić information content (AvgIpc) is 2.48. The van der Waals surface area contributed by atoms with E-state index in [1.54, 1.807) is 7.11 Å². The molecule has 1 aromatic carbocycles. The maximum absolute atomic E-state index is 12.0. The predicted molar refractivity (Wildman–Crippen MR) is 79.9 cm³/mol. The van der Waals surface area contributed by atoms with Crippen molar-refractivity contribution in [3.05, 3.63) is 29.8 Å². The van der Waals surface area contributed by atoms with Crippen molar-refractivity contribution in [2.75, 3.05) is 7.11 Å². The zero-order valence-electron chi connectivity index (χ0n) is 12.3. The molecule has 1 fully saturated rings. The van der Waals surface area contributed by atoms with Crippen LogP contribution in [0.3, 0.4) is 0 Å². The van der Waals surface area contributed by atoms with E-state index >= 15 is 0 Å². The second-order valence-corrected chi connectivity index (χ2v) is 5.45. The third-order valence-electron chi connectivity index (χ3n) is 3.90. The number of carbonyl (C=O) groups is 1. The van der Waals surface area contributed by atoms with E-state index in [0.29, 0.717) is 6.04 Å². The molecule has 0 aromatic heterocycles. The van der Waals surface area contributed by atoms with E-state index in [9.17, 15) is 4.79 Å². The normalized spacial score (nSPS) is 17.3. The summed E-state index contributed by atoms with van der Waals surface area (Å²) in [6.07, 6.45) is 5.94. The smallest absolute Gasteiger partial charge is 0.315 e. The van der Waals surface area contributed by atoms with E-state index in [4.69, 9.17) is 4.74 Å². The van der Waals surface area contributed by atoms with Crippen LogP contribution in [0.4, 0.5) is 4.79 Å². The standard InChI is InChI=1S/C16H24N2O2/c1-12(13-8-10-15(20-2)11-9-13)17-16(19)18-14-6-4-3-5-7-14/h8-12,14H,3-7H2,1-2H3,(H2,17,18,19)/t12-/m1/s1. The van der Waals surface area contributed by atoms with E-state index in [0.717, 1.165) is 24.2 Å². The van der Waals surface area contributed by atoms with Crippen molar-refractivity contribution in [2.24, 2.45) is 0 Å². The minimum absolute atomic E-state index is 0.00973. The molecule has 2 amide bonds. The number of hydrogen-bond donors (Lipinski definition) is 2. The van der Waals surface area contributed by atoms with Crippen LogP contribution in [0.2, 0.25) is 0 Å². The Kier molecular flexibility index (Phi) is 5.27. The number of urea groups is 1.